The summed E-state index contributed by atoms with van der Waals surface area (Å²) in [5, 5.41) is 0. The predicted octanol–water partition coefficient (Wildman–Crippen LogP) is 4.07. The first-order chi connectivity index (χ1) is 13.0. The van der Waals surface area contributed by atoms with Crippen molar-refractivity contribution in [2.75, 3.05) is 5.75 Å². The molecular formula is C20H31N3O2S2. The highest BCUT2D eigenvalue weighted by molar-refractivity contribution is 8.01. The summed E-state index contributed by atoms with van der Waals surface area (Å²) >= 11 is 3.00. The number of aryl methyl sites for hydroxylation is 1. The van der Waals surface area contributed by atoms with Gasteiger partial charge in [-0.25, -0.2) is 4.98 Å². The van der Waals surface area contributed by atoms with Crippen molar-refractivity contribution in [3.63, 3.8) is 0 Å². The van der Waals surface area contributed by atoms with Gasteiger partial charge in [0, 0.05) is 17.0 Å². The smallest absolute Gasteiger partial charge is 0.233 e. The molecule has 1 aromatic heterocycles. The second-order valence-corrected chi connectivity index (χ2v) is 10.1. The second kappa shape index (κ2) is 9.92. The van der Waals surface area contributed by atoms with Gasteiger partial charge in [-0.05, 0) is 32.6 Å². The molecule has 1 aromatic rings. The molecule has 0 radical (unpaired) electrons. The lowest BCUT2D eigenvalue weighted by Crippen LogP contribution is -2.49. The molecule has 2 aliphatic rings. The van der Waals surface area contributed by atoms with Gasteiger partial charge in [-0.3, -0.25) is 9.59 Å². The third-order valence-electron chi connectivity index (χ3n) is 5.75. The number of thiazole rings is 1. The summed E-state index contributed by atoms with van der Waals surface area (Å²) in [5.74, 6) is 0.369. The Hall–Kier alpha value is -1.08. The molecule has 0 saturated heterocycles. The number of thioether (sulfide) groups is 1. The van der Waals surface area contributed by atoms with Gasteiger partial charge in [0.05, 0.1) is 17.9 Å². The normalized spacial score (nSPS) is 19.1. The highest BCUT2D eigenvalue weighted by Crippen LogP contribution is 2.32. The minimum atomic E-state index is -0.338. The van der Waals surface area contributed by atoms with Crippen molar-refractivity contribution >= 4 is 34.9 Å². The van der Waals surface area contributed by atoms with E-state index in [0.29, 0.717) is 17.8 Å². The molecule has 0 atom stereocenters. The van der Waals surface area contributed by atoms with E-state index in [-0.39, 0.29) is 18.2 Å². The Balaban J connectivity index is 1.64. The van der Waals surface area contributed by atoms with Gasteiger partial charge in [-0.2, -0.15) is 0 Å². The van der Waals surface area contributed by atoms with E-state index in [0.717, 1.165) is 40.6 Å². The highest BCUT2D eigenvalue weighted by atomic mass is 32.2. The Morgan fingerprint density at radius 1 is 1.07 bits per heavy atom. The topological polar surface area (TPSA) is 76.3 Å². The average Bonchev–Trinajstić information content (AvgIpc) is 3.01. The molecule has 2 saturated carbocycles. The summed E-state index contributed by atoms with van der Waals surface area (Å²) in [7, 11) is 0. The van der Waals surface area contributed by atoms with E-state index in [2.05, 4.69) is 9.88 Å². The van der Waals surface area contributed by atoms with E-state index in [4.69, 9.17) is 5.73 Å². The van der Waals surface area contributed by atoms with E-state index in [1.165, 1.54) is 61.6 Å². The zero-order valence-corrected chi connectivity index (χ0v) is 17.9. The Kier molecular flexibility index (Phi) is 7.58. The summed E-state index contributed by atoms with van der Waals surface area (Å²) in [6.45, 7) is 1.90. The van der Waals surface area contributed by atoms with Crippen molar-refractivity contribution in [1.82, 2.24) is 9.88 Å². The fourth-order valence-electron chi connectivity index (χ4n) is 4.41. The summed E-state index contributed by atoms with van der Waals surface area (Å²) < 4.78 is 0.865. The van der Waals surface area contributed by atoms with Crippen LogP contribution in [0.1, 0.15) is 74.8 Å². The Labute approximate surface area is 170 Å². The number of carbonyl (C=O) groups excluding carboxylic acids is 2. The van der Waals surface area contributed by atoms with Crippen LogP contribution < -0.4 is 5.73 Å². The van der Waals surface area contributed by atoms with Gasteiger partial charge in [-0.1, -0.05) is 50.3 Å². The van der Waals surface area contributed by atoms with Crippen LogP contribution in [0.3, 0.4) is 0 Å². The zero-order chi connectivity index (χ0) is 19.2. The van der Waals surface area contributed by atoms with Crippen molar-refractivity contribution in [3.8, 4) is 0 Å². The van der Waals surface area contributed by atoms with Gasteiger partial charge in [0.15, 0.2) is 4.34 Å². The van der Waals surface area contributed by atoms with Crippen LogP contribution >= 0.6 is 23.1 Å². The molecule has 7 heteroatoms. The molecule has 5 nitrogen and oxygen atoms in total. The zero-order valence-electron chi connectivity index (χ0n) is 16.2. The van der Waals surface area contributed by atoms with Crippen molar-refractivity contribution in [2.45, 2.75) is 94.0 Å². The van der Waals surface area contributed by atoms with E-state index in [1.807, 2.05) is 6.92 Å². The Morgan fingerprint density at radius 2 is 1.63 bits per heavy atom. The minimum absolute atomic E-state index is 0.230. The fraction of sp³-hybridized carbons (Fsp3) is 0.750. The van der Waals surface area contributed by atoms with E-state index >= 15 is 0 Å². The molecule has 27 heavy (non-hydrogen) atoms. The van der Waals surface area contributed by atoms with Crippen molar-refractivity contribution in [1.29, 1.82) is 0 Å². The maximum absolute atomic E-state index is 13.2. The first-order valence-corrected chi connectivity index (χ1v) is 12.0. The monoisotopic (exact) mass is 409 g/mol. The van der Waals surface area contributed by atoms with Crippen LogP contribution in [0.4, 0.5) is 0 Å². The number of hydrogen-bond acceptors (Lipinski definition) is 5. The van der Waals surface area contributed by atoms with Crippen molar-refractivity contribution < 1.29 is 9.59 Å². The molecule has 0 bridgehead atoms. The summed E-state index contributed by atoms with van der Waals surface area (Å²) in [6, 6.07) is 0.858. The largest absolute Gasteiger partial charge is 0.369 e. The highest BCUT2D eigenvalue weighted by Gasteiger charge is 2.32. The lowest BCUT2D eigenvalue weighted by Gasteiger charge is -2.41. The fourth-order valence-corrected chi connectivity index (χ4v) is 6.52. The molecule has 2 amide bonds. The Morgan fingerprint density at radius 3 is 2.15 bits per heavy atom. The SMILES string of the molecule is Cc1nc(SCC(=O)N(C2CCCCC2)C2CCCCC2)sc1CC(N)=O. The molecule has 0 spiro atoms. The van der Waals surface area contributed by atoms with Gasteiger partial charge in [0.1, 0.15) is 0 Å². The standard InChI is InChI=1S/C20H31N3O2S2/c1-14-17(12-18(21)24)27-20(22-14)26-13-19(25)23(15-8-4-2-5-9-15)16-10-6-3-7-11-16/h15-16H,2-13H2,1H3,(H2,21,24). The van der Waals surface area contributed by atoms with Gasteiger partial charge in [0.25, 0.3) is 0 Å². The maximum Gasteiger partial charge on any atom is 0.233 e. The minimum Gasteiger partial charge on any atom is -0.369 e. The van der Waals surface area contributed by atoms with E-state index in [9.17, 15) is 9.59 Å². The van der Waals surface area contributed by atoms with E-state index in [1.54, 1.807) is 0 Å². The van der Waals surface area contributed by atoms with Crippen LogP contribution in [-0.2, 0) is 16.0 Å². The number of carbonyl (C=O) groups is 2. The van der Waals surface area contributed by atoms with Gasteiger partial charge < -0.3 is 10.6 Å². The number of nitrogens with two attached hydrogens (primary N) is 1. The maximum atomic E-state index is 13.2. The van der Waals surface area contributed by atoms with Gasteiger partial charge >= 0.3 is 0 Å². The molecule has 1 heterocycles. The molecule has 2 fully saturated rings. The molecule has 3 rings (SSSR count). The molecule has 150 valence electrons. The lowest BCUT2D eigenvalue weighted by molar-refractivity contribution is -0.135. The summed E-state index contributed by atoms with van der Waals surface area (Å²) in [5.41, 5.74) is 6.15. The summed E-state index contributed by atoms with van der Waals surface area (Å²) in [4.78, 5) is 32.1. The molecular weight excluding hydrogens is 378 g/mol. The predicted molar refractivity (Wildman–Crippen MR) is 111 cm³/mol. The van der Waals surface area contributed by atoms with Gasteiger partial charge in [-0.15, -0.1) is 11.3 Å². The number of primary amides is 1. The van der Waals surface area contributed by atoms with Crippen molar-refractivity contribution in [2.24, 2.45) is 5.73 Å². The lowest BCUT2D eigenvalue weighted by atomic mass is 9.88. The first kappa shape index (κ1) is 20.6. The molecule has 2 N–H and O–H groups in total. The van der Waals surface area contributed by atoms with Crippen LogP contribution in [0.25, 0.3) is 0 Å². The summed E-state index contributed by atoms with van der Waals surface area (Å²) in [6.07, 6.45) is 12.5. The third-order valence-corrected chi connectivity index (χ3v) is 8.04. The molecule has 0 unspecified atom stereocenters. The third kappa shape index (κ3) is 5.70. The van der Waals surface area contributed by atoms with Crippen molar-refractivity contribution in [3.05, 3.63) is 10.6 Å². The van der Waals surface area contributed by atoms with Crippen LogP contribution in [0, 0.1) is 6.92 Å². The molecule has 0 aromatic carbocycles. The quantitative estimate of drug-likeness (QED) is 0.689. The van der Waals surface area contributed by atoms with Crippen LogP contribution in [0.15, 0.2) is 4.34 Å². The van der Waals surface area contributed by atoms with Gasteiger partial charge in [0.2, 0.25) is 11.8 Å². The Bertz CT molecular complexity index is 632. The van der Waals surface area contributed by atoms with Crippen LogP contribution in [0.2, 0.25) is 0 Å². The van der Waals surface area contributed by atoms with E-state index < -0.39 is 0 Å². The second-order valence-electron chi connectivity index (χ2n) is 7.80. The number of nitrogens with zero attached hydrogens (tertiary/aromatic N) is 2. The molecule has 0 aliphatic heterocycles. The number of rotatable bonds is 7. The number of hydrogen-bond donors (Lipinski definition) is 1. The van der Waals surface area contributed by atoms with Crippen LogP contribution in [-0.4, -0.2) is 39.5 Å². The molecule has 2 aliphatic carbocycles. The average molecular weight is 410 g/mol. The number of aromatic nitrogens is 1. The first-order valence-electron chi connectivity index (χ1n) is 10.2. The van der Waals surface area contributed by atoms with Crippen LogP contribution in [0.5, 0.6) is 0 Å². The number of amides is 2.